The van der Waals surface area contributed by atoms with E-state index in [-0.39, 0.29) is 11.7 Å². The van der Waals surface area contributed by atoms with Gasteiger partial charge in [0.2, 0.25) is 0 Å². The zero-order valence-electron chi connectivity index (χ0n) is 13.9. The van der Waals surface area contributed by atoms with Gasteiger partial charge in [-0.3, -0.25) is 0 Å². The maximum atomic E-state index is 12.2. The van der Waals surface area contributed by atoms with Gasteiger partial charge in [0.05, 0.1) is 12.1 Å². The molecule has 3 rings (SSSR count). The molecule has 0 atom stereocenters. The minimum absolute atomic E-state index is 0.115. The number of hydrogen-bond donors (Lipinski definition) is 1. The van der Waals surface area contributed by atoms with Crippen LogP contribution in [0.15, 0.2) is 18.3 Å². The van der Waals surface area contributed by atoms with Crippen LogP contribution < -0.4 is 0 Å². The molecule has 0 saturated heterocycles. The van der Waals surface area contributed by atoms with Crippen LogP contribution in [0.4, 0.5) is 4.79 Å². The molecule has 0 radical (unpaired) electrons. The quantitative estimate of drug-likeness (QED) is 0.864. The van der Waals surface area contributed by atoms with Crippen molar-refractivity contribution in [3.05, 3.63) is 35.2 Å². The summed E-state index contributed by atoms with van der Waals surface area (Å²) in [5, 5.41) is 9.73. The Morgan fingerprint density at radius 2 is 2.04 bits per heavy atom. The first-order chi connectivity index (χ1) is 11.2. The zero-order chi connectivity index (χ0) is 17.5. The zero-order valence-corrected chi connectivity index (χ0v) is 13.9. The molecule has 7 nitrogen and oxygen atoms in total. The van der Waals surface area contributed by atoms with E-state index in [9.17, 15) is 9.59 Å². The van der Waals surface area contributed by atoms with Crippen LogP contribution in [0.3, 0.4) is 0 Å². The fourth-order valence-electron chi connectivity index (χ4n) is 2.62. The fourth-order valence-corrected chi connectivity index (χ4v) is 2.62. The van der Waals surface area contributed by atoms with Crippen LogP contribution in [0.5, 0.6) is 0 Å². The molecule has 1 N–H and O–H groups in total. The van der Waals surface area contributed by atoms with E-state index in [1.54, 1.807) is 11.0 Å². The van der Waals surface area contributed by atoms with E-state index in [0.717, 1.165) is 11.3 Å². The van der Waals surface area contributed by atoms with Gasteiger partial charge in [0, 0.05) is 30.2 Å². The second-order valence-electron chi connectivity index (χ2n) is 6.82. The first-order valence-electron chi connectivity index (χ1n) is 7.73. The van der Waals surface area contributed by atoms with Gasteiger partial charge >= 0.3 is 12.1 Å². The minimum Gasteiger partial charge on any atom is -0.478 e. The number of rotatable bonds is 1. The van der Waals surface area contributed by atoms with E-state index < -0.39 is 11.6 Å². The average Bonchev–Trinajstić information content (AvgIpc) is 2.50. The number of carboxylic acid groups (broad SMARTS) is 1. The molecule has 0 fully saturated rings. The van der Waals surface area contributed by atoms with Crippen molar-refractivity contribution in [1.82, 2.24) is 14.9 Å². The SMILES string of the molecule is CC(C)(C)OC(=O)N1CCc2nc3ncc(C(=O)O)cc3cc2C1. The Hall–Kier alpha value is -2.70. The molecule has 1 aliphatic rings. The van der Waals surface area contributed by atoms with Crippen LogP contribution in [-0.2, 0) is 17.7 Å². The molecule has 0 aromatic carbocycles. The summed E-state index contributed by atoms with van der Waals surface area (Å²) in [6.45, 7) is 6.42. The fraction of sp³-hybridized carbons (Fsp3) is 0.412. The number of carbonyl (C=O) groups is 2. The molecule has 0 unspecified atom stereocenters. The van der Waals surface area contributed by atoms with Crippen molar-refractivity contribution < 1.29 is 19.4 Å². The summed E-state index contributed by atoms with van der Waals surface area (Å²) in [5.41, 5.74) is 1.87. The van der Waals surface area contributed by atoms with Gasteiger partial charge in [-0.15, -0.1) is 0 Å². The Morgan fingerprint density at radius 3 is 2.71 bits per heavy atom. The molecule has 1 amide bonds. The third kappa shape index (κ3) is 3.29. The molecule has 24 heavy (non-hydrogen) atoms. The number of aromatic carboxylic acids is 1. The maximum absolute atomic E-state index is 12.2. The van der Waals surface area contributed by atoms with E-state index >= 15 is 0 Å². The van der Waals surface area contributed by atoms with Gasteiger partial charge in [-0.25, -0.2) is 19.6 Å². The summed E-state index contributed by atoms with van der Waals surface area (Å²) in [7, 11) is 0. The van der Waals surface area contributed by atoms with Crippen LogP contribution >= 0.6 is 0 Å². The summed E-state index contributed by atoms with van der Waals surface area (Å²) < 4.78 is 5.41. The van der Waals surface area contributed by atoms with Crippen molar-refractivity contribution in [2.75, 3.05) is 6.54 Å². The molecule has 0 bridgehead atoms. The average molecular weight is 329 g/mol. The molecule has 1 aliphatic heterocycles. The van der Waals surface area contributed by atoms with Gasteiger partial charge in [-0.1, -0.05) is 0 Å². The lowest BCUT2D eigenvalue weighted by Crippen LogP contribution is -2.40. The van der Waals surface area contributed by atoms with E-state index in [0.29, 0.717) is 30.5 Å². The normalized spacial score (nSPS) is 14.4. The summed E-state index contributed by atoms with van der Waals surface area (Å²) in [6.07, 6.45) is 1.57. The number of hydrogen-bond acceptors (Lipinski definition) is 5. The van der Waals surface area contributed by atoms with Crippen molar-refractivity contribution in [2.45, 2.75) is 39.3 Å². The lowest BCUT2D eigenvalue weighted by molar-refractivity contribution is 0.0223. The molecule has 2 aromatic rings. The molecule has 7 heteroatoms. The number of ether oxygens (including phenoxy) is 1. The van der Waals surface area contributed by atoms with Crippen molar-refractivity contribution in [3.63, 3.8) is 0 Å². The van der Waals surface area contributed by atoms with Crippen LogP contribution in [0, 0.1) is 0 Å². The Balaban J connectivity index is 1.90. The molecular formula is C17H19N3O4. The summed E-state index contributed by atoms with van der Waals surface area (Å²) in [6, 6.07) is 3.40. The highest BCUT2D eigenvalue weighted by Gasteiger charge is 2.26. The number of nitrogens with zero attached hydrogens (tertiary/aromatic N) is 3. The number of amides is 1. The highest BCUT2D eigenvalue weighted by atomic mass is 16.6. The van der Waals surface area contributed by atoms with Crippen LogP contribution in [-0.4, -0.2) is 44.2 Å². The minimum atomic E-state index is -1.03. The topological polar surface area (TPSA) is 92.6 Å². The highest BCUT2D eigenvalue weighted by Crippen LogP contribution is 2.23. The first-order valence-corrected chi connectivity index (χ1v) is 7.73. The van der Waals surface area contributed by atoms with Crippen LogP contribution in [0.1, 0.15) is 42.4 Å². The van der Waals surface area contributed by atoms with Crippen molar-refractivity contribution in [2.24, 2.45) is 0 Å². The van der Waals surface area contributed by atoms with Gasteiger partial charge in [-0.2, -0.15) is 0 Å². The van der Waals surface area contributed by atoms with Gasteiger partial charge in [0.15, 0.2) is 5.65 Å². The van der Waals surface area contributed by atoms with Crippen molar-refractivity contribution >= 4 is 23.1 Å². The third-order valence-corrected chi connectivity index (χ3v) is 3.71. The Bertz CT molecular complexity index is 826. The predicted octanol–water partition coefficient (Wildman–Crippen LogP) is 2.62. The third-order valence-electron chi connectivity index (χ3n) is 3.71. The highest BCUT2D eigenvalue weighted by molar-refractivity contribution is 5.91. The van der Waals surface area contributed by atoms with Crippen LogP contribution in [0.25, 0.3) is 11.0 Å². The first kappa shape index (κ1) is 16.2. The molecule has 0 aliphatic carbocycles. The Kier molecular flexibility index (Phi) is 3.87. The van der Waals surface area contributed by atoms with E-state index in [1.807, 2.05) is 26.8 Å². The number of aromatic nitrogens is 2. The summed E-state index contributed by atoms with van der Waals surface area (Å²) in [5.74, 6) is -1.03. The van der Waals surface area contributed by atoms with Gasteiger partial charge in [-0.05, 0) is 38.5 Å². The molecule has 0 saturated carbocycles. The molecule has 0 spiro atoms. The molecular weight excluding hydrogens is 310 g/mol. The van der Waals surface area contributed by atoms with Crippen molar-refractivity contribution in [3.8, 4) is 0 Å². The molecule has 126 valence electrons. The van der Waals surface area contributed by atoms with E-state index in [4.69, 9.17) is 9.84 Å². The molecule has 3 heterocycles. The Morgan fingerprint density at radius 1 is 1.29 bits per heavy atom. The monoisotopic (exact) mass is 329 g/mol. The second-order valence-corrected chi connectivity index (χ2v) is 6.82. The van der Waals surface area contributed by atoms with Crippen LogP contribution in [0.2, 0.25) is 0 Å². The lowest BCUT2D eigenvalue weighted by atomic mass is 10.0. The number of carboxylic acids is 1. The van der Waals surface area contributed by atoms with E-state index in [1.165, 1.54) is 6.20 Å². The summed E-state index contributed by atoms with van der Waals surface area (Å²) >= 11 is 0. The molecule has 2 aromatic heterocycles. The van der Waals surface area contributed by atoms with Gasteiger partial charge < -0.3 is 14.7 Å². The number of fused-ring (bicyclic) bond motifs is 2. The van der Waals surface area contributed by atoms with Crippen molar-refractivity contribution in [1.29, 1.82) is 0 Å². The van der Waals surface area contributed by atoms with Gasteiger partial charge in [0.1, 0.15) is 5.60 Å². The lowest BCUT2D eigenvalue weighted by Gasteiger charge is -2.30. The van der Waals surface area contributed by atoms with E-state index in [2.05, 4.69) is 9.97 Å². The Labute approximate surface area is 139 Å². The number of carbonyl (C=O) groups excluding carboxylic acids is 1. The second kappa shape index (κ2) is 5.74. The number of pyridine rings is 2. The maximum Gasteiger partial charge on any atom is 0.410 e. The largest absolute Gasteiger partial charge is 0.478 e. The smallest absolute Gasteiger partial charge is 0.410 e. The van der Waals surface area contributed by atoms with Gasteiger partial charge in [0.25, 0.3) is 0 Å². The summed E-state index contributed by atoms with van der Waals surface area (Å²) in [4.78, 5) is 33.6. The standard InChI is InChI=1S/C17H19N3O4/c1-17(2,3)24-16(23)20-5-4-13-12(9-20)7-10-6-11(15(21)22)8-18-14(10)19-13/h6-8H,4-5,9H2,1-3H3,(H,21,22). The predicted molar refractivity (Wildman–Crippen MR) is 86.8 cm³/mol.